The Morgan fingerprint density at radius 2 is 1.77 bits per heavy atom. The largest absolute Gasteiger partial charge is 0.490 e. The van der Waals surface area contributed by atoms with Crippen LogP contribution in [0.4, 0.5) is 0 Å². The Bertz CT molecular complexity index is 677. The number of ether oxygens (including phenoxy) is 2. The van der Waals surface area contributed by atoms with Gasteiger partial charge in [0, 0.05) is 0 Å². The lowest BCUT2D eigenvalue weighted by atomic mass is 10.1. The predicted octanol–water partition coefficient (Wildman–Crippen LogP) is 1.08. The third-order valence-corrected chi connectivity index (χ3v) is 2.84. The Labute approximate surface area is 128 Å². The molecule has 1 aliphatic rings. The van der Waals surface area contributed by atoms with E-state index in [2.05, 4.69) is 9.98 Å². The predicted molar refractivity (Wildman–Crippen MR) is 85.0 cm³/mol. The number of carbonyl (C=O) groups is 1. The molecule has 1 aromatic rings. The van der Waals surface area contributed by atoms with Crippen LogP contribution in [0.15, 0.2) is 33.8 Å². The van der Waals surface area contributed by atoms with E-state index >= 15 is 0 Å². The highest BCUT2D eigenvalue weighted by atomic mass is 16.5. The van der Waals surface area contributed by atoms with E-state index in [0.29, 0.717) is 24.7 Å². The van der Waals surface area contributed by atoms with Crippen LogP contribution in [0, 0.1) is 0 Å². The number of rotatable bonds is 5. The Hall–Kier alpha value is -2.83. The first-order valence-electron chi connectivity index (χ1n) is 6.89. The molecule has 0 bridgehead atoms. The van der Waals surface area contributed by atoms with Gasteiger partial charge in [-0.1, -0.05) is 6.07 Å². The van der Waals surface area contributed by atoms with Crippen molar-refractivity contribution in [3.8, 4) is 11.5 Å². The van der Waals surface area contributed by atoms with E-state index in [1.54, 1.807) is 24.3 Å². The van der Waals surface area contributed by atoms with Gasteiger partial charge in [-0.2, -0.15) is 9.98 Å². The number of carbonyl (C=O) groups excluding carboxylic acids is 1. The molecule has 1 amide bonds. The monoisotopic (exact) mass is 302 g/mol. The van der Waals surface area contributed by atoms with Gasteiger partial charge in [-0.25, -0.2) is 0 Å². The molecule has 1 heterocycles. The van der Waals surface area contributed by atoms with Crippen molar-refractivity contribution in [2.45, 2.75) is 13.8 Å². The minimum Gasteiger partial charge on any atom is -0.490 e. The molecule has 2 rings (SSSR count). The molecule has 0 atom stereocenters. The van der Waals surface area contributed by atoms with Crippen molar-refractivity contribution in [1.82, 2.24) is 0 Å². The lowest BCUT2D eigenvalue weighted by Crippen LogP contribution is -2.29. The Balaban J connectivity index is 2.37. The average molecular weight is 302 g/mol. The molecule has 1 aromatic carbocycles. The SMILES string of the molecule is CCOc1ccc(/C=C2\C(=O)N=C(N)N=C2N)cc1OCC. The number of aliphatic imine (C=N–C) groups is 2. The highest BCUT2D eigenvalue weighted by molar-refractivity contribution is 6.29. The quantitative estimate of drug-likeness (QED) is 0.790. The number of nitrogens with zero attached hydrogens (tertiary/aromatic N) is 2. The van der Waals surface area contributed by atoms with Crippen LogP contribution in [0.5, 0.6) is 11.5 Å². The molecule has 22 heavy (non-hydrogen) atoms. The Morgan fingerprint density at radius 1 is 1.09 bits per heavy atom. The highest BCUT2D eigenvalue weighted by Gasteiger charge is 2.19. The molecule has 0 aromatic heterocycles. The summed E-state index contributed by atoms with van der Waals surface area (Å²) >= 11 is 0. The number of amidine groups is 1. The van der Waals surface area contributed by atoms with E-state index in [0.717, 1.165) is 5.56 Å². The number of hydrogen-bond donors (Lipinski definition) is 2. The number of guanidine groups is 1. The van der Waals surface area contributed by atoms with E-state index in [9.17, 15) is 4.79 Å². The standard InChI is InChI=1S/C15H18N4O3/c1-3-21-11-6-5-9(8-12(11)22-4-2)7-10-13(16)18-15(17)19-14(10)20/h5-8H,3-4H2,1-2H3,(H4,16,17,18,19,20)/b10-7-. The Morgan fingerprint density at radius 3 is 2.41 bits per heavy atom. The van der Waals surface area contributed by atoms with Crippen LogP contribution in [0.25, 0.3) is 6.08 Å². The van der Waals surface area contributed by atoms with Crippen LogP contribution in [-0.2, 0) is 4.79 Å². The third kappa shape index (κ3) is 3.43. The second kappa shape index (κ2) is 6.75. The van der Waals surface area contributed by atoms with Crippen molar-refractivity contribution in [2.24, 2.45) is 21.5 Å². The molecular weight excluding hydrogens is 284 g/mol. The van der Waals surface area contributed by atoms with Crippen molar-refractivity contribution >= 4 is 23.8 Å². The zero-order valence-corrected chi connectivity index (χ0v) is 12.5. The van der Waals surface area contributed by atoms with Crippen LogP contribution in [-0.4, -0.2) is 30.9 Å². The lowest BCUT2D eigenvalue weighted by Gasteiger charge is -2.12. The van der Waals surface area contributed by atoms with Gasteiger partial charge in [0.25, 0.3) is 5.91 Å². The van der Waals surface area contributed by atoms with Crippen molar-refractivity contribution in [3.05, 3.63) is 29.3 Å². The first-order valence-corrected chi connectivity index (χ1v) is 6.89. The first kappa shape index (κ1) is 15.6. The smallest absolute Gasteiger partial charge is 0.284 e. The van der Waals surface area contributed by atoms with Gasteiger partial charge in [0.1, 0.15) is 5.84 Å². The number of benzene rings is 1. The number of hydrogen-bond acceptors (Lipinski definition) is 6. The fraction of sp³-hybridized carbons (Fsp3) is 0.267. The van der Waals surface area contributed by atoms with Gasteiger partial charge < -0.3 is 20.9 Å². The van der Waals surface area contributed by atoms with Gasteiger partial charge in [-0.05, 0) is 37.6 Å². The molecule has 116 valence electrons. The summed E-state index contributed by atoms with van der Waals surface area (Å²) in [5.41, 5.74) is 12.0. The minimum absolute atomic E-state index is 0.0457. The third-order valence-electron chi connectivity index (χ3n) is 2.84. The molecule has 0 saturated heterocycles. The summed E-state index contributed by atoms with van der Waals surface area (Å²) in [5, 5.41) is 0. The second-order valence-electron chi connectivity index (χ2n) is 4.40. The van der Waals surface area contributed by atoms with Gasteiger partial charge in [-0.3, -0.25) is 4.79 Å². The molecule has 7 heteroatoms. The molecule has 7 nitrogen and oxygen atoms in total. The maximum absolute atomic E-state index is 11.8. The molecule has 0 aliphatic carbocycles. The topological polar surface area (TPSA) is 112 Å². The van der Waals surface area contributed by atoms with E-state index in [1.807, 2.05) is 13.8 Å². The van der Waals surface area contributed by atoms with Gasteiger partial charge >= 0.3 is 0 Å². The molecule has 0 fully saturated rings. The van der Waals surface area contributed by atoms with E-state index < -0.39 is 5.91 Å². The summed E-state index contributed by atoms with van der Waals surface area (Å²) in [6, 6.07) is 5.34. The highest BCUT2D eigenvalue weighted by Crippen LogP contribution is 2.29. The minimum atomic E-state index is -0.517. The van der Waals surface area contributed by atoms with Crippen LogP contribution >= 0.6 is 0 Å². The molecule has 0 spiro atoms. The fourth-order valence-electron chi connectivity index (χ4n) is 1.94. The summed E-state index contributed by atoms with van der Waals surface area (Å²) in [6.07, 6.45) is 1.59. The van der Waals surface area contributed by atoms with Gasteiger partial charge in [0.05, 0.1) is 18.8 Å². The summed E-state index contributed by atoms with van der Waals surface area (Å²) in [5.74, 6) is 0.633. The number of amides is 1. The van der Waals surface area contributed by atoms with Gasteiger partial charge in [0.15, 0.2) is 11.5 Å². The van der Waals surface area contributed by atoms with Crippen LogP contribution < -0.4 is 20.9 Å². The molecule has 0 radical (unpaired) electrons. The van der Waals surface area contributed by atoms with E-state index in [-0.39, 0.29) is 17.4 Å². The molecular formula is C15H18N4O3. The molecule has 1 aliphatic heterocycles. The van der Waals surface area contributed by atoms with Crippen LogP contribution in [0.1, 0.15) is 19.4 Å². The van der Waals surface area contributed by atoms with Gasteiger partial charge in [0.2, 0.25) is 5.96 Å². The van der Waals surface area contributed by atoms with Crippen LogP contribution in [0.3, 0.4) is 0 Å². The summed E-state index contributed by atoms with van der Waals surface area (Å²) < 4.78 is 11.0. The van der Waals surface area contributed by atoms with Crippen molar-refractivity contribution in [2.75, 3.05) is 13.2 Å². The van der Waals surface area contributed by atoms with E-state index in [4.69, 9.17) is 20.9 Å². The summed E-state index contributed by atoms with van der Waals surface area (Å²) in [6.45, 7) is 4.82. The van der Waals surface area contributed by atoms with Crippen molar-refractivity contribution < 1.29 is 14.3 Å². The fourth-order valence-corrected chi connectivity index (χ4v) is 1.94. The second-order valence-corrected chi connectivity index (χ2v) is 4.40. The zero-order valence-electron chi connectivity index (χ0n) is 12.5. The zero-order chi connectivity index (χ0) is 16.1. The maximum Gasteiger partial charge on any atom is 0.284 e. The normalized spacial score (nSPS) is 16.3. The Kier molecular flexibility index (Phi) is 4.77. The summed E-state index contributed by atoms with van der Waals surface area (Å²) in [4.78, 5) is 19.2. The van der Waals surface area contributed by atoms with E-state index in [1.165, 1.54) is 0 Å². The summed E-state index contributed by atoms with van der Waals surface area (Å²) in [7, 11) is 0. The molecule has 4 N–H and O–H groups in total. The van der Waals surface area contributed by atoms with Crippen LogP contribution in [0.2, 0.25) is 0 Å². The maximum atomic E-state index is 11.8. The number of nitrogens with two attached hydrogens (primary N) is 2. The lowest BCUT2D eigenvalue weighted by molar-refractivity contribution is -0.113. The molecule has 0 unspecified atom stereocenters. The van der Waals surface area contributed by atoms with Crippen molar-refractivity contribution in [1.29, 1.82) is 0 Å². The van der Waals surface area contributed by atoms with Crippen molar-refractivity contribution in [3.63, 3.8) is 0 Å². The first-order chi connectivity index (χ1) is 10.5. The average Bonchev–Trinajstić information content (AvgIpc) is 2.46. The van der Waals surface area contributed by atoms with Gasteiger partial charge in [-0.15, -0.1) is 0 Å². The molecule has 0 saturated carbocycles.